The van der Waals surface area contributed by atoms with Crippen LogP contribution in [0.4, 0.5) is 11.5 Å². The van der Waals surface area contributed by atoms with E-state index in [1.807, 2.05) is 30.5 Å². The average Bonchev–Trinajstić information content (AvgIpc) is 3.69. The normalized spacial score (nSPS) is 18.1. The Morgan fingerprint density at radius 3 is 2.30 bits per heavy atom. The zero-order valence-corrected chi connectivity index (χ0v) is 47.0. The molecule has 1 atom stereocenters. The van der Waals surface area contributed by atoms with E-state index in [1.54, 1.807) is 6.07 Å². The van der Waals surface area contributed by atoms with E-state index in [0.29, 0.717) is 45.3 Å². The number of nitrogens with zero attached hydrogens (tertiary/aromatic N) is 5. The van der Waals surface area contributed by atoms with Crippen LogP contribution in [0.25, 0.3) is 10.4 Å². The second kappa shape index (κ2) is 24.9. The molecule has 3 aromatic rings. The first-order valence-electron chi connectivity index (χ1n) is 25.7. The number of pyridine rings is 1. The molecule has 3 aliphatic rings. The molecule has 0 fully saturated rings. The van der Waals surface area contributed by atoms with Gasteiger partial charge in [0.25, 0.3) is 28.8 Å². The molecule has 14 nitrogen and oxygen atoms in total. The lowest BCUT2D eigenvalue weighted by Crippen LogP contribution is -2.36. The van der Waals surface area contributed by atoms with Gasteiger partial charge in [0, 0.05) is 35.4 Å². The number of aromatic nitrogens is 1. The van der Waals surface area contributed by atoms with Crippen LogP contribution in [0, 0.1) is 13.5 Å². The summed E-state index contributed by atoms with van der Waals surface area (Å²) in [6, 6.07) is 16.6. The Kier molecular flexibility index (Phi) is 19.7. The molecule has 1 aromatic heterocycles. The molecule has 396 valence electrons. The lowest BCUT2D eigenvalue weighted by atomic mass is 9.80. The summed E-state index contributed by atoms with van der Waals surface area (Å²) in [5.41, 5.74) is 9.08. The molecule has 0 saturated heterocycles. The van der Waals surface area contributed by atoms with E-state index in [1.165, 1.54) is 6.20 Å². The summed E-state index contributed by atoms with van der Waals surface area (Å²) in [6.07, 6.45) is 16.1. The first-order chi connectivity index (χ1) is 34.5. The van der Waals surface area contributed by atoms with Crippen LogP contribution in [0.1, 0.15) is 136 Å². The van der Waals surface area contributed by atoms with Gasteiger partial charge in [0.1, 0.15) is 23.4 Å². The van der Waals surface area contributed by atoms with Gasteiger partial charge in [-0.05, 0) is 163 Å². The molecular formula is C56H77N5O9PS2+. The van der Waals surface area contributed by atoms with E-state index >= 15 is 0 Å². The topological polar surface area (TPSA) is 164 Å². The van der Waals surface area contributed by atoms with E-state index < -0.39 is 39.6 Å². The molecule has 0 radical (unpaired) electrons. The van der Waals surface area contributed by atoms with Crippen molar-refractivity contribution in [3.05, 3.63) is 130 Å². The summed E-state index contributed by atoms with van der Waals surface area (Å²) in [7, 11) is -9.92. The minimum atomic E-state index is -4.47. The first kappa shape index (κ1) is 57.7. The van der Waals surface area contributed by atoms with Gasteiger partial charge in [-0.1, -0.05) is 69.2 Å². The molecular weight excluding hydrogens is 982 g/mol. The second-order valence-corrected chi connectivity index (χ2v) is 25.2. The number of aryl methyl sites for hydroxylation is 2. The van der Waals surface area contributed by atoms with Crippen molar-refractivity contribution in [1.82, 2.24) is 4.67 Å². The summed E-state index contributed by atoms with van der Waals surface area (Å²) in [5, 5.41) is 0. The lowest BCUT2D eigenvalue weighted by Gasteiger charge is -2.35. The molecule has 2 N–H and O–H groups in total. The maximum Gasteiger partial charge on any atom is 0.327 e. The van der Waals surface area contributed by atoms with Crippen LogP contribution in [0.2, 0.25) is 0 Å². The van der Waals surface area contributed by atoms with Crippen molar-refractivity contribution in [1.29, 1.82) is 0 Å². The minimum absolute atomic E-state index is 0.152. The highest BCUT2D eigenvalue weighted by Gasteiger charge is 2.44. The van der Waals surface area contributed by atoms with Crippen molar-refractivity contribution >= 4 is 51.6 Å². The number of fused-ring (bicyclic) bond motifs is 2. The molecule has 1 unspecified atom stereocenters. The van der Waals surface area contributed by atoms with Crippen LogP contribution < -0.4 is 14.2 Å². The Labute approximate surface area is 437 Å². The average molecular weight is 1060 g/mol. The van der Waals surface area contributed by atoms with Gasteiger partial charge in [-0.2, -0.15) is 16.8 Å². The molecule has 1 aliphatic carbocycles. The molecule has 0 saturated carbocycles. The number of hydrogen-bond donors (Lipinski definition) is 2. The maximum atomic E-state index is 12.5. The van der Waals surface area contributed by atoms with Crippen LogP contribution in [-0.2, 0) is 46.7 Å². The third kappa shape index (κ3) is 14.4. The SMILES string of the molecule is [C-]#[N+]CCOP(OCCCCOc1cccc(C2=C(/C=C/C3=Nc4c(cc(S(=O)(=O)O)c[n+]4CCCC)C3(C)C)CCC/C2=C\C=C2\N(CCCS(=O)(=O)O)c3ccc(C)cc3C2(C)C)c1)N(C(C)C)C(C)C. The second-order valence-electron chi connectivity index (χ2n) is 20.8. The van der Waals surface area contributed by atoms with E-state index in [9.17, 15) is 25.9 Å². The highest BCUT2D eigenvalue weighted by atomic mass is 32.2. The lowest BCUT2D eigenvalue weighted by molar-refractivity contribution is -0.686. The monoisotopic (exact) mass is 1060 g/mol. The quantitative estimate of drug-likeness (QED) is 0.0273. The number of unbranched alkanes of at least 4 members (excludes halogenated alkanes) is 2. The largest absolute Gasteiger partial charge is 0.494 e. The number of benzene rings is 2. The van der Waals surface area contributed by atoms with Gasteiger partial charge < -0.3 is 23.5 Å². The molecule has 2 aliphatic heterocycles. The highest BCUT2D eigenvalue weighted by molar-refractivity contribution is 7.86. The summed E-state index contributed by atoms with van der Waals surface area (Å²) in [5.74, 6) is 1.09. The number of rotatable bonds is 25. The molecule has 17 heteroatoms. The van der Waals surface area contributed by atoms with Crippen molar-refractivity contribution in [2.75, 3.05) is 43.6 Å². The van der Waals surface area contributed by atoms with Crippen molar-refractivity contribution in [2.24, 2.45) is 4.99 Å². The zero-order valence-electron chi connectivity index (χ0n) is 44.5. The Balaban J connectivity index is 1.35. The summed E-state index contributed by atoms with van der Waals surface area (Å²) in [4.78, 5) is 10.6. The Hall–Kier alpha value is -4.56. The molecule has 6 rings (SSSR count). The van der Waals surface area contributed by atoms with Crippen LogP contribution in [-0.4, -0.2) is 87.1 Å². The highest BCUT2D eigenvalue weighted by Crippen LogP contribution is 2.49. The van der Waals surface area contributed by atoms with E-state index in [4.69, 9.17) is 25.3 Å². The van der Waals surface area contributed by atoms with Crippen molar-refractivity contribution in [3.8, 4) is 5.75 Å². The summed E-state index contributed by atoms with van der Waals surface area (Å²) >= 11 is 0. The van der Waals surface area contributed by atoms with Gasteiger partial charge in [0.15, 0.2) is 5.71 Å². The fraction of sp³-hybridized carbons (Fsp3) is 0.518. The fourth-order valence-corrected chi connectivity index (χ4v) is 12.6. The third-order valence-electron chi connectivity index (χ3n) is 13.7. The number of ether oxygens (including phenoxy) is 1. The van der Waals surface area contributed by atoms with Crippen molar-refractivity contribution < 1.29 is 44.3 Å². The van der Waals surface area contributed by atoms with Crippen molar-refractivity contribution in [3.63, 3.8) is 0 Å². The summed E-state index contributed by atoms with van der Waals surface area (Å²) < 4.78 is 91.4. The first-order valence-corrected chi connectivity index (χ1v) is 29.9. The Morgan fingerprint density at radius 1 is 0.890 bits per heavy atom. The van der Waals surface area contributed by atoms with Crippen LogP contribution in [0.5, 0.6) is 5.75 Å². The smallest absolute Gasteiger partial charge is 0.327 e. The van der Waals surface area contributed by atoms with Crippen molar-refractivity contribution in [2.45, 2.75) is 155 Å². The summed E-state index contributed by atoms with van der Waals surface area (Å²) in [6.45, 7) is 30.9. The Bertz CT molecular complexity index is 2890. The van der Waals surface area contributed by atoms with Crippen LogP contribution in [0.15, 0.2) is 106 Å². The number of aliphatic imine (C=N–C) groups is 1. The Morgan fingerprint density at radius 2 is 1.62 bits per heavy atom. The maximum absolute atomic E-state index is 12.5. The fourth-order valence-electron chi connectivity index (χ4n) is 9.99. The number of anilines is 1. The van der Waals surface area contributed by atoms with Gasteiger partial charge in [0.2, 0.25) is 6.54 Å². The van der Waals surface area contributed by atoms with Gasteiger partial charge in [-0.3, -0.25) is 9.11 Å². The molecule has 0 bridgehead atoms. The third-order valence-corrected chi connectivity index (χ3v) is 17.4. The molecule has 2 aromatic carbocycles. The van der Waals surface area contributed by atoms with E-state index in [-0.39, 0.29) is 29.2 Å². The predicted octanol–water partition coefficient (Wildman–Crippen LogP) is 12.2. The molecule has 0 spiro atoms. The van der Waals surface area contributed by atoms with Gasteiger partial charge in [0.05, 0.1) is 36.5 Å². The van der Waals surface area contributed by atoms with Gasteiger partial charge in [-0.15, -0.1) is 0 Å². The van der Waals surface area contributed by atoms with Gasteiger partial charge in [-0.25, -0.2) is 15.8 Å². The number of hydrogen-bond acceptors (Lipinski definition) is 10. The molecule has 0 amide bonds. The van der Waals surface area contributed by atoms with Gasteiger partial charge >= 0.3 is 5.82 Å². The minimum Gasteiger partial charge on any atom is -0.494 e. The predicted molar refractivity (Wildman–Crippen MR) is 294 cm³/mol. The molecule has 73 heavy (non-hydrogen) atoms. The van der Waals surface area contributed by atoms with E-state index in [2.05, 4.69) is 124 Å². The standard InChI is InChI=1S/C56H76N5O9PS2/c1-12-13-30-59-39-47(73(65,66)67)38-49-54(59)58-51(55(49,7)8)27-24-43-19-16-20-44(25-28-52-56(9,10)48-36-42(6)23-26-50(48)60(52)31-18-35-72(62,63)64)53(43)45-21-17-22-46(37-45)68-32-14-15-33-69-71(70-34-29-57-11)61(40(2)3)41(4)5/h17,21-28,36-41H,12-16,18-20,29-35H2,1-10H3,(H-,62,63,64,65,66,67)/p+1. The molecule has 3 heterocycles. The zero-order chi connectivity index (χ0) is 53.3. The van der Waals surface area contributed by atoms with Crippen LogP contribution >= 0.6 is 8.53 Å². The van der Waals surface area contributed by atoms with E-state index in [0.717, 1.165) is 107 Å². The van der Waals surface area contributed by atoms with Crippen LogP contribution in [0.3, 0.4) is 0 Å². The number of allylic oxidation sites excluding steroid dienone is 8.